The molecule has 1 N–H and O–H groups in total. The molecule has 0 spiro atoms. The van der Waals surface area contributed by atoms with Gasteiger partial charge < -0.3 is 15.0 Å². The molecule has 1 aliphatic carbocycles. The van der Waals surface area contributed by atoms with E-state index < -0.39 is 0 Å². The predicted molar refractivity (Wildman–Crippen MR) is 113 cm³/mol. The van der Waals surface area contributed by atoms with Crippen LogP contribution in [-0.4, -0.2) is 26.1 Å². The molecule has 2 fully saturated rings. The molecule has 4 heteroatoms. The van der Waals surface area contributed by atoms with Crippen LogP contribution in [0.15, 0.2) is 48.5 Å². The highest BCUT2D eigenvalue weighted by molar-refractivity contribution is 5.94. The molecule has 1 heterocycles. The summed E-state index contributed by atoms with van der Waals surface area (Å²) in [4.78, 5) is 15.3. The number of carbonyl (C=O) groups excluding carboxylic acids is 1. The summed E-state index contributed by atoms with van der Waals surface area (Å²) in [5.74, 6) is 2.20. The van der Waals surface area contributed by atoms with Crippen LogP contribution < -0.4 is 15.0 Å². The van der Waals surface area contributed by atoms with Crippen molar-refractivity contribution in [2.45, 2.75) is 38.6 Å². The van der Waals surface area contributed by atoms with Crippen molar-refractivity contribution >= 4 is 11.6 Å². The van der Waals surface area contributed by atoms with E-state index in [2.05, 4.69) is 41.4 Å². The van der Waals surface area contributed by atoms with Crippen LogP contribution >= 0.6 is 0 Å². The van der Waals surface area contributed by atoms with Crippen molar-refractivity contribution in [2.75, 3.05) is 25.1 Å². The van der Waals surface area contributed by atoms with Crippen LogP contribution in [0.25, 0.3) is 0 Å². The molecular weight excluding hydrogens is 348 g/mol. The Hall–Kier alpha value is -2.49. The summed E-state index contributed by atoms with van der Waals surface area (Å²) in [5, 5.41) is 3.26. The second-order valence-electron chi connectivity index (χ2n) is 8.28. The molecule has 28 heavy (non-hydrogen) atoms. The standard InChI is InChI=1S/C24H30N2O2/c1-17-13-15-26(16-14-17)21-9-5-20(6-10-21)24(27)25-23(18-3-4-18)19-7-11-22(28-2)12-8-19/h5-12,17-18,23H,3-4,13-16H2,1-2H3,(H,25,27)/t23-/m1/s1. The van der Waals surface area contributed by atoms with Gasteiger partial charge in [-0.3, -0.25) is 4.79 Å². The number of amides is 1. The maximum Gasteiger partial charge on any atom is 0.251 e. The molecule has 4 nitrogen and oxygen atoms in total. The number of nitrogens with zero attached hydrogens (tertiary/aromatic N) is 1. The Labute approximate surface area is 167 Å². The number of piperidine rings is 1. The Morgan fingerprint density at radius 1 is 1.00 bits per heavy atom. The fraction of sp³-hybridized carbons (Fsp3) is 0.458. The van der Waals surface area contributed by atoms with Gasteiger partial charge in [0, 0.05) is 24.3 Å². The van der Waals surface area contributed by atoms with E-state index in [4.69, 9.17) is 4.74 Å². The first-order valence-electron chi connectivity index (χ1n) is 10.4. The van der Waals surface area contributed by atoms with Crippen LogP contribution in [0.5, 0.6) is 5.75 Å². The minimum atomic E-state index is 0.00605. The summed E-state index contributed by atoms with van der Waals surface area (Å²) in [6.45, 7) is 4.53. The largest absolute Gasteiger partial charge is 0.497 e. The fourth-order valence-corrected chi connectivity index (χ4v) is 4.03. The Kier molecular flexibility index (Phi) is 5.56. The number of carbonyl (C=O) groups is 1. The van der Waals surface area contributed by atoms with E-state index >= 15 is 0 Å². The number of hydrogen-bond donors (Lipinski definition) is 1. The zero-order valence-corrected chi connectivity index (χ0v) is 16.9. The molecule has 4 rings (SSSR count). The molecule has 1 atom stereocenters. The molecule has 2 aromatic rings. The molecule has 2 aliphatic rings. The Balaban J connectivity index is 1.42. The number of nitrogens with one attached hydrogen (secondary N) is 1. The average molecular weight is 379 g/mol. The van der Waals surface area contributed by atoms with Crippen LogP contribution in [0, 0.1) is 11.8 Å². The lowest BCUT2D eigenvalue weighted by Crippen LogP contribution is -2.33. The SMILES string of the molecule is COc1ccc([C@H](NC(=O)c2ccc(N3CCC(C)CC3)cc2)C2CC2)cc1. The summed E-state index contributed by atoms with van der Waals surface area (Å²) in [7, 11) is 1.67. The number of rotatable bonds is 6. The van der Waals surface area contributed by atoms with E-state index in [1.165, 1.54) is 31.4 Å². The number of methoxy groups -OCH3 is 1. The van der Waals surface area contributed by atoms with Crippen LogP contribution in [0.4, 0.5) is 5.69 Å². The summed E-state index contributed by atoms with van der Waals surface area (Å²) >= 11 is 0. The van der Waals surface area contributed by atoms with Gasteiger partial charge in [0.15, 0.2) is 0 Å². The summed E-state index contributed by atoms with van der Waals surface area (Å²) in [6.07, 6.45) is 4.83. The van der Waals surface area contributed by atoms with Gasteiger partial charge >= 0.3 is 0 Å². The highest BCUT2D eigenvalue weighted by atomic mass is 16.5. The highest BCUT2D eigenvalue weighted by Crippen LogP contribution is 2.41. The predicted octanol–water partition coefficient (Wildman–Crippen LogP) is 4.81. The van der Waals surface area contributed by atoms with E-state index in [1.807, 2.05) is 24.3 Å². The Bertz CT molecular complexity index is 788. The monoisotopic (exact) mass is 378 g/mol. The molecule has 0 bridgehead atoms. The van der Waals surface area contributed by atoms with Crippen LogP contribution in [0.2, 0.25) is 0 Å². The van der Waals surface area contributed by atoms with Crippen LogP contribution in [-0.2, 0) is 0 Å². The minimum Gasteiger partial charge on any atom is -0.497 e. The molecule has 0 radical (unpaired) electrons. The third-order valence-electron chi connectivity index (χ3n) is 6.13. The molecular formula is C24H30N2O2. The molecule has 148 valence electrons. The van der Waals surface area contributed by atoms with Gasteiger partial charge in [0.05, 0.1) is 13.2 Å². The van der Waals surface area contributed by atoms with Gasteiger partial charge in [-0.25, -0.2) is 0 Å². The third-order valence-corrected chi connectivity index (χ3v) is 6.13. The number of ether oxygens (including phenoxy) is 1. The smallest absolute Gasteiger partial charge is 0.251 e. The van der Waals surface area contributed by atoms with Crippen molar-refractivity contribution in [3.8, 4) is 5.75 Å². The maximum atomic E-state index is 12.9. The number of hydrogen-bond acceptors (Lipinski definition) is 3. The molecule has 1 saturated heterocycles. The highest BCUT2D eigenvalue weighted by Gasteiger charge is 2.33. The van der Waals surface area contributed by atoms with Crippen molar-refractivity contribution in [1.82, 2.24) is 5.32 Å². The van der Waals surface area contributed by atoms with Gasteiger partial charge in [-0.05, 0) is 79.5 Å². The second-order valence-corrected chi connectivity index (χ2v) is 8.28. The van der Waals surface area contributed by atoms with Crippen molar-refractivity contribution in [1.29, 1.82) is 0 Å². The number of benzene rings is 2. The van der Waals surface area contributed by atoms with Gasteiger partial charge in [0.1, 0.15) is 5.75 Å². The van der Waals surface area contributed by atoms with Crippen LogP contribution in [0.1, 0.15) is 54.6 Å². The molecule has 1 amide bonds. The first-order valence-corrected chi connectivity index (χ1v) is 10.4. The molecule has 2 aromatic carbocycles. The molecule has 0 unspecified atom stereocenters. The van der Waals surface area contributed by atoms with Gasteiger partial charge in [-0.2, -0.15) is 0 Å². The van der Waals surface area contributed by atoms with E-state index in [0.717, 1.165) is 35.9 Å². The summed E-state index contributed by atoms with van der Waals surface area (Å²) < 4.78 is 5.25. The summed E-state index contributed by atoms with van der Waals surface area (Å²) in [6, 6.07) is 16.2. The van der Waals surface area contributed by atoms with E-state index in [1.54, 1.807) is 7.11 Å². The normalized spacial score (nSPS) is 18.6. The number of anilines is 1. The first-order chi connectivity index (χ1) is 13.6. The average Bonchev–Trinajstić information content (AvgIpc) is 3.58. The van der Waals surface area contributed by atoms with Crippen molar-refractivity contribution in [3.63, 3.8) is 0 Å². The van der Waals surface area contributed by atoms with Gasteiger partial charge in [0.25, 0.3) is 5.91 Å². The quantitative estimate of drug-likeness (QED) is 0.784. The third kappa shape index (κ3) is 4.32. The Morgan fingerprint density at radius 3 is 2.21 bits per heavy atom. The van der Waals surface area contributed by atoms with E-state index in [-0.39, 0.29) is 11.9 Å². The van der Waals surface area contributed by atoms with Crippen molar-refractivity contribution in [3.05, 3.63) is 59.7 Å². The minimum absolute atomic E-state index is 0.00605. The van der Waals surface area contributed by atoms with Gasteiger partial charge in [-0.1, -0.05) is 19.1 Å². The maximum absolute atomic E-state index is 12.9. The van der Waals surface area contributed by atoms with Gasteiger partial charge in [0.2, 0.25) is 0 Å². The first kappa shape index (κ1) is 18.9. The lowest BCUT2D eigenvalue weighted by atomic mass is 9.98. The zero-order valence-electron chi connectivity index (χ0n) is 16.9. The Morgan fingerprint density at radius 2 is 1.64 bits per heavy atom. The fourth-order valence-electron chi connectivity index (χ4n) is 4.03. The van der Waals surface area contributed by atoms with Gasteiger partial charge in [-0.15, -0.1) is 0 Å². The van der Waals surface area contributed by atoms with Crippen molar-refractivity contribution in [2.24, 2.45) is 11.8 Å². The van der Waals surface area contributed by atoms with E-state index in [0.29, 0.717) is 5.92 Å². The molecule has 1 saturated carbocycles. The van der Waals surface area contributed by atoms with E-state index in [9.17, 15) is 4.79 Å². The lowest BCUT2D eigenvalue weighted by Gasteiger charge is -2.32. The topological polar surface area (TPSA) is 41.6 Å². The zero-order chi connectivity index (χ0) is 19.5. The second kappa shape index (κ2) is 8.26. The molecule has 0 aromatic heterocycles. The lowest BCUT2D eigenvalue weighted by molar-refractivity contribution is 0.0931. The van der Waals surface area contributed by atoms with Crippen molar-refractivity contribution < 1.29 is 9.53 Å². The molecule has 1 aliphatic heterocycles. The summed E-state index contributed by atoms with van der Waals surface area (Å²) in [5.41, 5.74) is 3.10. The van der Waals surface area contributed by atoms with Crippen LogP contribution in [0.3, 0.4) is 0 Å².